The zero-order valence-electron chi connectivity index (χ0n) is 33.3. The van der Waals surface area contributed by atoms with E-state index >= 15 is 0 Å². The van der Waals surface area contributed by atoms with E-state index in [4.69, 9.17) is 27.8 Å². The second kappa shape index (κ2) is 17.7. The van der Waals surface area contributed by atoms with Crippen LogP contribution in [0.25, 0.3) is 5.70 Å². The highest BCUT2D eigenvalue weighted by Crippen LogP contribution is 2.44. The third kappa shape index (κ3) is 9.08. The maximum Gasteiger partial charge on any atom is 0.266 e. The number of rotatable bonds is 14. The summed E-state index contributed by atoms with van der Waals surface area (Å²) < 4.78 is 6.63. The molecule has 4 saturated heterocycles. The summed E-state index contributed by atoms with van der Waals surface area (Å²) in [6, 6.07) is 22.9. The number of likely N-dealkylation sites (tertiary alicyclic amines) is 3. The van der Waals surface area contributed by atoms with Crippen LogP contribution in [0.4, 0.5) is 5.69 Å². The van der Waals surface area contributed by atoms with Gasteiger partial charge in [0.25, 0.3) is 5.91 Å². The largest absolute Gasteiger partial charge is 0.507 e. The van der Waals surface area contributed by atoms with Crippen LogP contribution < -0.4 is 26.4 Å². The fourth-order valence-electron chi connectivity index (χ4n) is 9.25. The smallest absolute Gasteiger partial charge is 0.266 e. The van der Waals surface area contributed by atoms with Gasteiger partial charge in [-0.3, -0.25) is 19.7 Å². The highest BCUT2D eigenvalue weighted by atomic mass is 35.5. The van der Waals surface area contributed by atoms with Crippen LogP contribution in [0, 0.1) is 11.3 Å². The van der Waals surface area contributed by atoms with Gasteiger partial charge in [0.1, 0.15) is 11.5 Å². The molecule has 4 aliphatic rings. The Balaban J connectivity index is 0.896. The first-order valence-electron chi connectivity index (χ1n) is 20.5. The number of amides is 3. The van der Waals surface area contributed by atoms with E-state index < -0.39 is 5.60 Å². The third-order valence-corrected chi connectivity index (χ3v) is 12.9. The van der Waals surface area contributed by atoms with E-state index in [9.17, 15) is 19.5 Å². The number of halogens is 1. The number of carbonyl (C=O) groups is 3. The normalized spacial score (nSPS) is 20.2. The van der Waals surface area contributed by atoms with Crippen molar-refractivity contribution >= 4 is 41.2 Å². The van der Waals surface area contributed by atoms with E-state index in [1.165, 1.54) is 17.5 Å². The second-order valence-electron chi connectivity index (χ2n) is 16.7. The van der Waals surface area contributed by atoms with Gasteiger partial charge in [0.15, 0.2) is 5.60 Å². The van der Waals surface area contributed by atoms with Gasteiger partial charge in [0.2, 0.25) is 12.3 Å². The van der Waals surface area contributed by atoms with Crippen LogP contribution in [0.5, 0.6) is 11.5 Å². The number of hydrogen-bond acceptors (Lipinski definition) is 10. The molecule has 0 aliphatic carbocycles. The number of phenols is 1. The number of aromatic hydroxyl groups is 1. The van der Waals surface area contributed by atoms with E-state index in [1.54, 1.807) is 30.3 Å². The van der Waals surface area contributed by atoms with Gasteiger partial charge in [-0.05, 0) is 79.1 Å². The molecule has 4 fully saturated rings. The second-order valence-corrected chi connectivity index (χ2v) is 17.1. The molecule has 308 valence electrons. The van der Waals surface area contributed by atoms with Crippen molar-refractivity contribution in [2.45, 2.75) is 57.0 Å². The molecule has 7 rings (SSSR count). The molecule has 0 bridgehead atoms. The van der Waals surface area contributed by atoms with E-state index in [2.05, 4.69) is 51.2 Å². The summed E-state index contributed by atoms with van der Waals surface area (Å²) in [6.45, 7) is 9.77. The Labute approximate surface area is 346 Å². The Morgan fingerprint density at radius 1 is 0.948 bits per heavy atom. The lowest BCUT2D eigenvalue weighted by Crippen LogP contribution is -2.75. The predicted molar refractivity (Wildman–Crippen MR) is 227 cm³/mol. The van der Waals surface area contributed by atoms with Gasteiger partial charge in [0, 0.05) is 107 Å². The quantitative estimate of drug-likeness (QED) is 0.125. The molecule has 3 aromatic rings. The van der Waals surface area contributed by atoms with Gasteiger partial charge in [-0.1, -0.05) is 54.9 Å². The topological polar surface area (TPSA) is 158 Å². The minimum absolute atomic E-state index is 0.00976. The first kappa shape index (κ1) is 41.0. The van der Waals surface area contributed by atoms with E-state index in [-0.39, 0.29) is 28.9 Å². The molecule has 4 aliphatic heterocycles. The maximum absolute atomic E-state index is 14.5. The van der Waals surface area contributed by atoms with Gasteiger partial charge in [-0.15, -0.1) is 0 Å². The van der Waals surface area contributed by atoms with Gasteiger partial charge < -0.3 is 40.9 Å². The SMILES string of the molecule is CC(CCC(=O)NC=O)c1ccc(N2CCC(CN3CC4(C3)CN(C(=O)C3(Oc5ccccc5Cl)CCN(C(/C=C(\N)c5ccccc5O)=C/N)CC3)C4)CC2)cc1. The van der Waals surface area contributed by atoms with Crippen molar-refractivity contribution in [1.82, 2.24) is 20.0 Å². The maximum atomic E-state index is 14.5. The summed E-state index contributed by atoms with van der Waals surface area (Å²) in [4.78, 5) is 45.7. The number of imide groups is 1. The van der Waals surface area contributed by atoms with Gasteiger partial charge in [-0.2, -0.15) is 0 Å². The van der Waals surface area contributed by atoms with Crippen molar-refractivity contribution in [2.24, 2.45) is 22.8 Å². The summed E-state index contributed by atoms with van der Waals surface area (Å²) in [5.74, 6) is 1.25. The van der Waals surface area contributed by atoms with Crippen LogP contribution in [0.15, 0.2) is 90.8 Å². The number of phenolic OH excluding ortho intramolecular Hbond substituents is 1. The van der Waals surface area contributed by atoms with E-state index in [0.29, 0.717) is 78.8 Å². The van der Waals surface area contributed by atoms with Crippen molar-refractivity contribution in [1.29, 1.82) is 0 Å². The Bertz CT molecular complexity index is 1990. The fraction of sp³-hybridized carbons (Fsp3) is 0.444. The number of piperidine rings is 2. The molecule has 0 saturated carbocycles. The van der Waals surface area contributed by atoms with Gasteiger partial charge in [0.05, 0.1) is 10.7 Å². The number of para-hydroxylation sites is 2. The zero-order valence-corrected chi connectivity index (χ0v) is 34.1. The molecular formula is C45H56ClN7O5. The van der Waals surface area contributed by atoms with Crippen LogP contribution in [-0.2, 0) is 14.4 Å². The highest BCUT2D eigenvalue weighted by molar-refractivity contribution is 6.32. The summed E-state index contributed by atoms with van der Waals surface area (Å²) in [5.41, 5.74) is 15.6. The molecule has 1 unspecified atom stereocenters. The molecule has 1 atom stereocenters. The van der Waals surface area contributed by atoms with Crippen LogP contribution in [0.3, 0.4) is 0 Å². The average molecular weight is 810 g/mol. The van der Waals surface area contributed by atoms with Crippen molar-refractivity contribution in [3.63, 3.8) is 0 Å². The molecular weight excluding hydrogens is 754 g/mol. The Hall–Kier alpha value is -5.20. The van der Waals surface area contributed by atoms with E-state index in [1.807, 2.05) is 29.2 Å². The van der Waals surface area contributed by atoms with E-state index in [0.717, 1.165) is 58.7 Å². The number of carbonyl (C=O) groups excluding carboxylic acids is 3. The Kier molecular flexibility index (Phi) is 12.5. The Morgan fingerprint density at radius 2 is 1.62 bits per heavy atom. The van der Waals surface area contributed by atoms with Crippen molar-refractivity contribution in [3.05, 3.63) is 107 Å². The molecule has 3 aromatic carbocycles. The summed E-state index contributed by atoms with van der Waals surface area (Å²) in [6.07, 6.45) is 7.92. The summed E-state index contributed by atoms with van der Waals surface area (Å²) in [5, 5.41) is 13.0. The molecule has 4 heterocycles. The number of nitrogens with two attached hydrogens (primary N) is 2. The Morgan fingerprint density at radius 3 is 2.28 bits per heavy atom. The summed E-state index contributed by atoms with van der Waals surface area (Å²) >= 11 is 6.57. The van der Waals surface area contributed by atoms with Gasteiger partial charge >= 0.3 is 0 Å². The molecule has 12 nitrogen and oxygen atoms in total. The molecule has 3 amide bonds. The van der Waals surface area contributed by atoms with Crippen molar-refractivity contribution < 1.29 is 24.2 Å². The minimum atomic E-state index is -1.07. The van der Waals surface area contributed by atoms with Crippen LogP contribution in [0.1, 0.15) is 62.5 Å². The van der Waals surface area contributed by atoms with Crippen LogP contribution in [-0.4, -0.2) is 103 Å². The zero-order chi connectivity index (χ0) is 40.9. The molecule has 13 heteroatoms. The molecule has 6 N–H and O–H groups in total. The van der Waals surface area contributed by atoms with Crippen molar-refractivity contribution in [2.75, 3.05) is 63.8 Å². The lowest BCUT2D eigenvalue weighted by molar-refractivity contribution is -0.178. The number of nitrogens with one attached hydrogen (secondary N) is 1. The number of anilines is 1. The summed E-state index contributed by atoms with van der Waals surface area (Å²) in [7, 11) is 0. The average Bonchev–Trinajstić information content (AvgIpc) is 3.21. The number of hydrogen-bond donors (Lipinski definition) is 4. The molecule has 0 aromatic heterocycles. The first-order valence-corrected chi connectivity index (χ1v) is 20.8. The van der Waals surface area contributed by atoms with Crippen molar-refractivity contribution in [3.8, 4) is 11.5 Å². The lowest BCUT2D eigenvalue weighted by atomic mass is 9.71. The number of ether oxygens (including phenoxy) is 1. The van der Waals surface area contributed by atoms with Gasteiger partial charge in [-0.25, -0.2) is 0 Å². The first-order chi connectivity index (χ1) is 28.0. The fourth-order valence-corrected chi connectivity index (χ4v) is 9.43. The number of benzene rings is 3. The predicted octanol–water partition coefficient (Wildman–Crippen LogP) is 5.28. The highest BCUT2D eigenvalue weighted by Gasteiger charge is 2.57. The third-order valence-electron chi connectivity index (χ3n) is 12.6. The van der Waals surface area contributed by atoms with Crippen LogP contribution in [0.2, 0.25) is 5.02 Å². The number of nitrogens with zero attached hydrogens (tertiary/aromatic N) is 4. The lowest BCUT2D eigenvalue weighted by Gasteiger charge is -2.62. The standard InChI is InChI=1S/C45H56ClN7O5/c1-32(10-15-42(56)49-31-54)34-11-13-35(14-12-34)51-20-16-33(17-21-51)26-50-27-44(28-50)29-53(30-44)43(57)45(58-41-9-5-3-7-38(41)46)18-22-52(23-19-45)36(25-47)24-39(48)37-6-2-4-8-40(37)55/h2-9,11-14,24-25,31-33,55H,10,15-23,26-30,47-48H2,1H3,(H,49,54,56)/b36-25+,39-24-. The molecule has 0 radical (unpaired) electrons. The minimum Gasteiger partial charge on any atom is -0.507 e. The molecule has 1 spiro atoms. The van der Waals surface area contributed by atoms with Crippen LogP contribution >= 0.6 is 11.6 Å². The number of allylic oxidation sites excluding steroid dienone is 1. The monoisotopic (exact) mass is 809 g/mol. The molecule has 58 heavy (non-hydrogen) atoms.